The highest BCUT2D eigenvalue weighted by Gasteiger charge is 2.33. The molecule has 1 aromatic rings. The summed E-state index contributed by atoms with van der Waals surface area (Å²) in [5.41, 5.74) is 0.661. The van der Waals surface area contributed by atoms with Gasteiger partial charge in [-0.1, -0.05) is 28.1 Å². The number of halogens is 1. The summed E-state index contributed by atoms with van der Waals surface area (Å²) in [6.45, 7) is 0.440. The number of nitrogens with zero attached hydrogens (tertiary/aromatic N) is 1. The fourth-order valence-electron chi connectivity index (χ4n) is 2.11. The molecule has 2 amide bonds. The van der Waals surface area contributed by atoms with Gasteiger partial charge in [-0.05, 0) is 30.5 Å². The third kappa shape index (κ3) is 2.96. The van der Waals surface area contributed by atoms with Crippen molar-refractivity contribution in [3.05, 3.63) is 34.3 Å². The van der Waals surface area contributed by atoms with E-state index in [2.05, 4.69) is 31.6 Å². The summed E-state index contributed by atoms with van der Waals surface area (Å²) in [7, 11) is 0. The smallest absolute Gasteiger partial charge is 0.264 e. The Morgan fingerprint density at radius 2 is 1.95 bits per heavy atom. The summed E-state index contributed by atoms with van der Waals surface area (Å²) in [5, 5.41) is 5.93. The van der Waals surface area contributed by atoms with Gasteiger partial charge in [-0.25, -0.2) is 0 Å². The summed E-state index contributed by atoms with van der Waals surface area (Å²) < 4.78 is 0.905. The van der Waals surface area contributed by atoms with E-state index in [0.717, 1.165) is 17.3 Å². The molecule has 5 nitrogen and oxygen atoms in total. The van der Waals surface area contributed by atoms with Gasteiger partial charge in [0.1, 0.15) is 11.8 Å². The predicted molar refractivity (Wildman–Crippen MR) is 78.5 cm³/mol. The largest absolute Gasteiger partial charge is 0.312 e. The van der Waals surface area contributed by atoms with Gasteiger partial charge in [-0.15, -0.1) is 0 Å². The lowest BCUT2D eigenvalue weighted by atomic mass is 9.96. The van der Waals surface area contributed by atoms with E-state index in [-0.39, 0.29) is 5.91 Å². The average molecular weight is 336 g/mol. The molecule has 1 aliphatic carbocycles. The van der Waals surface area contributed by atoms with Crippen LogP contribution in [-0.2, 0) is 9.59 Å². The molecule has 104 valence electrons. The van der Waals surface area contributed by atoms with Crippen molar-refractivity contribution in [2.24, 2.45) is 4.99 Å². The lowest BCUT2D eigenvalue weighted by Gasteiger charge is -2.20. The Bertz CT molecular complexity index is 579. The summed E-state index contributed by atoms with van der Waals surface area (Å²) >= 11 is 3.33. The zero-order chi connectivity index (χ0) is 14.1. The molecule has 1 atom stereocenters. The Hall–Kier alpha value is -1.53. The maximum atomic E-state index is 12.1. The Morgan fingerprint density at radius 3 is 2.55 bits per heavy atom. The highest BCUT2D eigenvalue weighted by molar-refractivity contribution is 9.10. The number of hydrogen-bond acceptors (Lipinski definition) is 3. The van der Waals surface area contributed by atoms with Crippen LogP contribution in [0.2, 0.25) is 0 Å². The van der Waals surface area contributed by atoms with Crippen molar-refractivity contribution >= 4 is 33.6 Å². The van der Waals surface area contributed by atoms with E-state index in [0.29, 0.717) is 24.0 Å². The number of rotatable bonds is 4. The van der Waals surface area contributed by atoms with Gasteiger partial charge in [-0.3, -0.25) is 9.59 Å². The molecule has 1 saturated carbocycles. The van der Waals surface area contributed by atoms with Gasteiger partial charge in [0.2, 0.25) is 5.91 Å². The van der Waals surface area contributed by atoms with Crippen LogP contribution in [0.3, 0.4) is 0 Å². The van der Waals surface area contributed by atoms with Crippen LogP contribution >= 0.6 is 15.9 Å². The first kappa shape index (κ1) is 13.5. The van der Waals surface area contributed by atoms with Gasteiger partial charge in [0.05, 0.1) is 6.54 Å². The molecular formula is C14H14BrN3O2. The van der Waals surface area contributed by atoms with Crippen LogP contribution in [-0.4, -0.2) is 30.2 Å². The highest BCUT2D eigenvalue weighted by atomic mass is 79.9. The summed E-state index contributed by atoms with van der Waals surface area (Å²) in [6.07, 6.45) is 2.30. The molecular weight excluding hydrogens is 322 g/mol. The van der Waals surface area contributed by atoms with Gasteiger partial charge in [0, 0.05) is 10.5 Å². The number of amides is 2. The zero-order valence-corrected chi connectivity index (χ0v) is 12.3. The number of carbonyl (C=O) groups excluding carboxylic acids is 2. The number of hydrogen-bond donors (Lipinski definition) is 2. The van der Waals surface area contributed by atoms with Gasteiger partial charge in [0.15, 0.2) is 0 Å². The van der Waals surface area contributed by atoms with Gasteiger partial charge in [-0.2, -0.15) is 4.99 Å². The molecule has 1 aromatic carbocycles. The normalized spacial score (nSPS) is 22.4. The molecule has 0 saturated heterocycles. The van der Waals surface area contributed by atoms with E-state index in [4.69, 9.17) is 0 Å². The fraction of sp³-hybridized carbons (Fsp3) is 0.357. The predicted octanol–water partition coefficient (Wildman–Crippen LogP) is 1.34. The minimum absolute atomic E-state index is 0.306. The van der Waals surface area contributed by atoms with E-state index >= 15 is 0 Å². The molecule has 0 spiro atoms. The van der Waals surface area contributed by atoms with Crippen molar-refractivity contribution in [2.45, 2.75) is 24.8 Å². The Labute approximate surface area is 125 Å². The second kappa shape index (κ2) is 5.46. The number of nitrogens with one attached hydrogen (secondary N) is 2. The SMILES string of the molecule is O=C1N=C(CNC2CC2)NC(=O)C1c1ccc(Br)cc1. The van der Waals surface area contributed by atoms with Crippen molar-refractivity contribution in [3.63, 3.8) is 0 Å². The van der Waals surface area contributed by atoms with E-state index in [9.17, 15) is 9.59 Å². The van der Waals surface area contributed by atoms with Crippen LogP contribution in [0.4, 0.5) is 0 Å². The number of aliphatic imine (C=N–C) groups is 1. The number of carbonyl (C=O) groups is 2. The Morgan fingerprint density at radius 1 is 1.25 bits per heavy atom. The van der Waals surface area contributed by atoms with E-state index in [1.165, 1.54) is 0 Å². The van der Waals surface area contributed by atoms with Crippen molar-refractivity contribution in [3.8, 4) is 0 Å². The minimum atomic E-state index is -0.840. The number of amidine groups is 1. The molecule has 1 heterocycles. The standard InChI is InChI=1S/C14H14BrN3O2/c15-9-3-1-8(2-4-9)12-13(19)17-11(18-14(12)20)7-16-10-5-6-10/h1-4,10,12,16H,5-7H2,(H,17,18,19,20). The van der Waals surface area contributed by atoms with Gasteiger partial charge < -0.3 is 10.6 Å². The first-order valence-electron chi connectivity index (χ1n) is 6.54. The second-order valence-corrected chi connectivity index (χ2v) is 5.94. The Balaban J connectivity index is 1.75. The van der Waals surface area contributed by atoms with Crippen molar-refractivity contribution in [2.75, 3.05) is 6.54 Å². The van der Waals surface area contributed by atoms with Crippen LogP contribution < -0.4 is 10.6 Å². The maximum absolute atomic E-state index is 12.1. The first-order valence-corrected chi connectivity index (χ1v) is 7.34. The molecule has 0 aromatic heterocycles. The monoisotopic (exact) mass is 335 g/mol. The molecule has 1 aliphatic heterocycles. The molecule has 0 radical (unpaired) electrons. The molecule has 0 bridgehead atoms. The van der Waals surface area contributed by atoms with Crippen LogP contribution in [0.15, 0.2) is 33.7 Å². The molecule has 2 aliphatic rings. The lowest BCUT2D eigenvalue weighted by molar-refractivity contribution is -0.129. The fourth-order valence-corrected chi connectivity index (χ4v) is 2.38. The van der Waals surface area contributed by atoms with Crippen LogP contribution in [0.25, 0.3) is 0 Å². The lowest BCUT2D eigenvalue weighted by Crippen LogP contribution is -2.46. The molecule has 1 fully saturated rings. The van der Waals surface area contributed by atoms with E-state index < -0.39 is 11.8 Å². The summed E-state index contributed by atoms with van der Waals surface area (Å²) in [4.78, 5) is 28.2. The summed E-state index contributed by atoms with van der Waals surface area (Å²) in [6, 6.07) is 7.65. The van der Waals surface area contributed by atoms with Gasteiger partial charge >= 0.3 is 0 Å². The van der Waals surface area contributed by atoms with E-state index in [1.54, 1.807) is 12.1 Å². The third-order valence-corrected chi connectivity index (χ3v) is 3.89. The van der Waals surface area contributed by atoms with Crippen molar-refractivity contribution in [1.82, 2.24) is 10.6 Å². The van der Waals surface area contributed by atoms with Crippen LogP contribution in [0.1, 0.15) is 24.3 Å². The average Bonchev–Trinajstić information content (AvgIpc) is 3.22. The molecule has 20 heavy (non-hydrogen) atoms. The maximum Gasteiger partial charge on any atom is 0.264 e. The first-order chi connectivity index (χ1) is 9.63. The molecule has 1 unspecified atom stereocenters. The summed E-state index contributed by atoms with van der Waals surface area (Å²) in [5.74, 6) is -1.13. The minimum Gasteiger partial charge on any atom is -0.312 e. The highest BCUT2D eigenvalue weighted by Crippen LogP contribution is 2.23. The molecule has 6 heteroatoms. The Kier molecular flexibility index (Phi) is 3.67. The number of benzene rings is 1. The van der Waals surface area contributed by atoms with E-state index in [1.807, 2.05) is 12.1 Å². The van der Waals surface area contributed by atoms with Crippen molar-refractivity contribution in [1.29, 1.82) is 0 Å². The van der Waals surface area contributed by atoms with Crippen LogP contribution in [0.5, 0.6) is 0 Å². The molecule has 2 N–H and O–H groups in total. The molecule has 3 rings (SSSR count). The quantitative estimate of drug-likeness (QED) is 0.816. The topological polar surface area (TPSA) is 70.6 Å². The van der Waals surface area contributed by atoms with Gasteiger partial charge in [0.25, 0.3) is 5.91 Å². The van der Waals surface area contributed by atoms with Crippen LogP contribution in [0, 0.1) is 0 Å². The van der Waals surface area contributed by atoms with Crippen molar-refractivity contribution < 1.29 is 9.59 Å². The zero-order valence-electron chi connectivity index (χ0n) is 10.7. The second-order valence-electron chi connectivity index (χ2n) is 5.03. The third-order valence-electron chi connectivity index (χ3n) is 3.36.